The first-order valence-electron chi connectivity index (χ1n) is 12.3. The third kappa shape index (κ3) is 5.47. The number of methoxy groups -OCH3 is 1. The number of rotatable bonds is 11. The molecule has 0 fully saturated rings. The van der Waals surface area contributed by atoms with Crippen molar-refractivity contribution in [3.63, 3.8) is 0 Å². The molecule has 188 valence electrons. The van der Waals surface area contributed by atoms with Crippen molar-refractivity contribution >= 4 is 63.1 Å². The Balaban J connectivity index is 1.62. The van der Waals surface area contributed by atoms with Gasteiger partial charge in [-0.15, -0.1) is 0 Å². The second-order valence-corrected chi connectivity index (χ2v) is 13.7. The fourth-order valence-corrected chi connectivity index (χ4v) is 9.62. The molecule has 0 atom stereocenters. The van der Waals surface area contributed by atoms with Gasteiger partial charge < -0.3 is 14.1 Å². The summed E-state index contributed by atoms with van der Waals surface area (Å²) in [6, 6.07) is 26.2. The third-order valence-corrected chi connectivity index (χ3v) is 12.3. The number of aryl methyl sites for hydroxylation is 1. The number of aromatic nitrogens is 1. The molecule has 0 amide bonds. The first-order valence-corrected chi connectivity index (χ1v) is 15.6. The lowest BCUT2D eigenvalue weighted by molar-refractivity contribution is 0.0593. The number of hydrogen-bond acceptors (Lipinski definition) is 3. The number of carbonyl (C=O) groups is 1. The first-order chi connectivity index (χ1) is 17.5. The van der Waals surface area contributed by atoms with E-state index in [-0.39, 0.29) is 5.97 Å². The number of hydrogen-bond donors (Lipinski definition) is 1. The number of unbranched alkanes of at least 4 members (excludes halogenated alkanes) is 1. The summed E-state index contributed by atoms with van der Waals surface area (Å²) in [7, 11) is -1.03. The number of fused-ring (bicyclic) bond motifs is 1. The quantitative estimate of drug-likeness (QED) is 0.119. The highest BCUT2D eigenvalue weighted by molar-refractivity contribution is 9.10. The van der Waals surface area contributed by atoms with Gasteiger partial charge in [-0.1, -0.05) is 98.1 Å². The molecule has 1 N–H and O–H groups in total. The van der Waals surface area contributed by atoms with Crippen LogP contribution in [0.5, 0.6) is 0 Å². The zero-order valence-electron chi connectivity index (χ0n) is 20.7. The minimum Gasteiger partial charge on any atom is -0.464 e. The van der Waals surface area contributed by atoms with Crippen LogP contribution < -0.4 is 10.4 Å². The molecule has 1 aromatic heterocycles. The lowest BCUT2D eigenvalue weighted by Crippen LogP contribution is -2.60. The van der Waals surface area contributed by atoms with Gasteiger partial charge in [0.05, 0.1) is 22.1 Å². The predicted octanol–water partition coefficient (Wildman–Crippen LogP) is 6.88. The molecule has 0 aliphatic carbocycles. The average molecular weight is 585 g/mol. The molecule has 0 saturated carbocycles. The maximum Gasteiger partial charge on any atom is 0.354 e. The van der Waals surface area contributed by atoms with Gasteiger partial charge in [0.15, 0.2) is 0 Å². The summed E-state index contributed by atoms with van der Waals surface area (Å²) in [6.07, 6.45) is 3.69. The molecule has 1 heterocycles. The van der Waals surface area contributed by atoms with Crippen LogP contribution in [0.1, 0.15) is 42.2 Å². The van der Waals surface area contributed by atoms with Gasteiger partial charge in [0.1, 0.15) is 5.69 Å². The van der Waals surface area contributed by atoms with Crippen LogP contribution in [0.2, 0.25) is 11.1 Å². The minimum atomic E-state index is -2.43. The highest BCUT2D eigenvalue weighted by Crippen LogP contribution is 2.34. The number of halogens is 2. The summed E-state index contributed by atoms with van der Waals surface area (Å²) in [4.78, 5) is 15.8. The number of benzene rings is 3. The average Bonchev–Trinajstić information content (AvgIpc) is 3.30. The standard InChI is InChI=1S/C29H31BrClNO3Si/c1-3-4-20-36(21-12-7-5-8-13-21,22-14-9-6-10-15-22)35-19-11-16-23-24-17-18-25(31)26(30)27(24)32-28(23)29(33)34-2/h5-10,12-15,17-18,32H,3-4,11,16,19-20H2,1-2H3. The van der Waals surface area contributed by atoms with Gasteiger partial charge in [0, 0.05) is 12.0 Å². The maximum absolute atomic E-state index is 12.6. The molecule has 0 radical (unpaired) electrons. The van der Waals surface area contributed by atoms with E-state index in [1.807, 2.05) is 12.1 Å². The monoisotopic (exact) mass is 583 g/mol. The Hall–Kier alpha value is -2.38. The Labute approximate surface area is 227 Å². The van der Waals surface area contributed by atoms with Gasteiger partial charge in [-0.3, -0.25) is 0 Å². The number of aromatic amines is 1. The molecule has 4 nitrogen and oxygen atoms in total. The van der Waals surface area contributed by atoms with Crippen molar-refractivity contribution in [3.05, 3.63) is 93.5 Å². The van der Waals surface area contributed by atoms with E-state index in [9.17, 15) is 4.79 Å². The van der Waals surface area contributed by atoms with E-state index in [0.717, 1.165) is 46.2 Å². The van der Waals surface area contributed by atoms with Gasteiger partial charge in [-0.25, -0.2) is 4.79 Å². The number of H-pyrrole nitrogens is 1. The summed E-state index contributed by atoms with van der Waals surface area (Å²) in [5, 5.41) is 4.15. The summed E-state index contributed by atoms with van der Waals surface area (Å²) < 4.78 is 12.8. The van der Waals surface area contributed by atoms with Crippen molar-refractivity contribution in [1.82, 2.24) is 4.98 Å². The van der Waals surface area contributed by atoms with Crippen molar-refractivity contribution in [2.24, 2.45) is 0 Å². The molecule has 4 rings (SSSR count). The Kier molecular flexibility index (Phi) is 9.07. The zero-order chi connectivity index (χ0) is 25.5. The van der Waals surface area contributed by atoms with Crippen LogP contribution >= 0.6 is 27.5 Å². The maximum atomic E-state index is 12.6. The van der Waals surface area contributed by atoms with Crippen LogP contribution in [0.4, 0.5) is 0 Å². The van der Waals surface area contributed by atoms with E-state index in [4.69, 9.17) is 20.8 Å². The molecule has 0 aliphatic heterocycles. The van der Waals surface area contributed by atoms with E-state index in [2.05, 4.69) is 88.5 Å². The highest BCUT2D eigenvalue weighted by atomic mass is 79.9. The Bertz CT molecular complexity index is 1270. The Morgan fingerprint density at radius 2 is 1.61 bits per heavy atom. The van der Waals surface area contributed by atoms with E-state index in [1.54, 1.807) is 0 Å². The fourth-order valence-electron chi connectivity index (χ4n) is 4.83. The van der Waals surface area contributed by atoms with Crippen LogP contribution in [0, 0.1) is 0 Å². The number of nitrogens with one attached hydrogen (secondary N) is 1. The highest BCUT2D eigenvalue weighted by Gasteiger charge is 2.38. The molecule has 4 aromatic rings. The van der Waals surface area contributed by atoms with Crippen molar-refractivity contribution in [1.29, 1.82) is 0 Å². The van der Waals surface area contributed by atoms with Crippen LogP contribution in [0.15, 0.2) is 77.3 Å². The summed E-state index contributed by atoms with van der Waals surface area (Å²) in [5.74, 6) is -0.384. The molecule has 3 aromatic carbocycles. The molecule has 0 saturated heterocycles. The third-order valence-electron chi connectivity index (χ3n) is 6.64. The van der Waals surface area contributed by atoms with E-state index in [0.29, 0.717) is 23.7 Å². The van der Waals surface area contributed by atoms with E-state index >= 15 is 0 Å². The van der Waals surface area contributed by atoms with Crippen LogP contribution in [-0.2, 0) is 15.6 Å². The Morgan fingerprint density at radius 1 is 0.972 bits per heavy atom. The smallest absolute Gasteiger partial charge is 0.354 e. The molecule has 0 unspecified atom stereocenters. The van der Waals surface area contributed by atoms with Crippen molar-refractivity contribution < 1.29 is 14.0 Å². The molecule has 0 aliphatic rings. The predicted molar refractivity (Wildman–Crippen MR) is 154 cm³/mol. The lowest BCUT2D eigenvalue weighted by Gasteiger charge is -2.33. The lowest BCUT2D eigenvalue weighted by atomic mass is 10.1. The van der Waals surface area contributed by atoms with Gasteiger partial charge in [0.2, 0.25) is 0 Å². The second-order valence-electron chi connectivity index (χ2n) is 8.87. The molecule has 0 spiro atoms. The molecule has 0 bridgehead atoms. The second kappa shape index (κ2) is 12.2. The normalized spacial score (nSPS) is 11.7. The van der Waals surface area contributed by atoms with Gasteiger partial charge in [-0.2, -0.15) is 0 Å². The largest absolute Gasteiger partial charge is 0.464 e. The first kappa shape index (κ1) is 26.7. The SMILES string of the molecule is CCCC[Si](OCCCc1c(C(=O)OC)[nH]c2c(Br)c(Cl)ccc12)(c1ccccc1)c1ccccc1. The minimum absolute atomic E-state index is 0.384. The van der Waals surface area contributed by atoms with E-state index in [1.165, 1.54) is 17.5 Å². The van der Waals surface area contributed by atoms with Crippen LogP contribution in [0.25, 0.3) is 10.9 Å². The van der Waals surface area contributed by atoms with E-state index < -0.39 is 8.32 Å². The van der Waals surface area contributed by atoms with Crippen molar-refractivity contribution in [2.45, 2.75) is 38.7 Å². The summed E-state index contributed by atoms with van der Waals surface area (Å²) in [6.45, 7) is 2.83. The molecular formula is C29H31BrClNO3Si. The molecule has 7 heteroatoms. The zero-order valence-corrected chi connectivity index (χ0v) is 24.0. The van der Waals surface area contributed by atoms with Gasteiger partial charge in [0.25, 0.3) is 8.32 Å². The number of ether oxygens (including phenoxy) is 1. The topological polar surface area (TPSA) is 51.3 Å². The van der Waals surface area contributed by atoms with Crippen LogP contribution in [-0.4, -0.2) is 33.0 Å². The Morgan fingerprint density at radius 3 is 2.19 bits per heavy atom. The van der Waals surface area contributed by atoms with Crippen molar-refractivity contribution in [3.8, 4) is 0 Å². The van der Waals surface area contributed by atoms with Gasteiger partial charge in [-0.05, 0) is 56.8 Å². The molecular weight excluding hydrogens is 554 g/mol. The van der Waals surface area contributed by atoms with Gasteiger partial charge >= 0.3 is 5.97 Å². The number of esters is 1. The van der Waals surface area contributed by atoms with Crippen LogP contribution in [0.3, 0.4) is 0 Å². The fraction of sp³-hybridized carbons (Fsp3) is 0.276. The summed E-state index contributed by atoms with van der Waals surface area (Å²) >= 11 is 9.85. The summed E-state index contributed by atoms with van der Waals surface area (Å²) in [5.41, 5.74) is 2.20. The number of carbonyl (C=O) groups excluding carboxylic acids is 1. The molecule has 36 heavy (non-hydrogen) atoms. The van der Waals surface area contributed by atoms with Crippen molar-refractivity contribution in [2.75, 3.05) is 13.7 Å².